The summed E-state index contributed by atoms with van der Waals surface area (Å²) in [5, 5.41) is 9.31. The van der Waals surface area contributed by atoms with Gasteiger partial charge in [-0.3, -0.25) is 4.79 Å². The zero-order valence-corrected chi connectivity index (χ0v) is 19.2. The number of thioether (sulfide) groups is 1. The lowest BCUT2D eigenvalue weighted by Crippen LogP contribution is -2.49. The van der Waals surface area contributed by atoms with Crippen LogP contribution in [0.25, 0.3) is 0 Å². The van der Waals surface area contributed by atoms with Crippen molar-refractivity contribution in [2.45, 2.75) is 32.5 Å². The highest BCUT2D eigenvalue weighted by Crippen LogP contribution is 2.24. The summed E-state index contributed by atoms with van der Waals surface area (Å²) in [5.41, 5.74) is 5.11. The van der Waals surface area contributed by atoms with Crippen molar-refractivity contribution in [1.29, 1.82) is 0 Å². The number of aromatic nitrogens is 3. The third-order valence-corrected chi connectivity index (χ3v) is 6.91. The van der Waals surface area contributed by atoms with Gasteiger partial charge in [0.05, 0.1) is 12.3 Å². The van der Waals surface area contributed by atoms with Crippen molar-refractivity contribution in [1.82, 2.24) is 19.7 Å². The van der Waals surface area contributed by atoms with E-state index in [1.54, 1.807) is 0 Å². The number of hydrogen-bond donors (Lipinski definition) is 0. The van der Waals surface area contributed by atoms with Crippen LogP contribution in [0, 0.1) is 20.8 Å². The summed E-state index contributed by atoms with van der Waals surface area (Å²) >= 11 is 1.48. The van der Waals surface area contributed by atoms with E-state index in [9.17, 15) is 4.79 Å². The van der Waals surface area contributed by atoms with Crippen molar-refractivity contribution in [2.24, 2.45) is 0 Å². The van der Waals surface area contributed by atoms with Gasteiger partial charge in [-0.15, -0.1) is 10.2 Å². The predicted octanol–water partition coefficient (Wildman–Crippen LogP) is 3.69. The number of rotatable bonds is 6. The summed E-state index contributed by atoms with van der Waals surface area (Å²) in [4.78, 5) is 17.2. The van der Waals surface area contributed by atoms with Gasteiger partial charge in [0.15, 0.2) is 5.16 Å². The minimum atomic E-state index is 0.164. The molecule has 1 aliphatic heterocycles. The van der Waals surface area contributed by atoms with Gasteiger partial charge in [0.25, 0.3) is 0 Å². The highest BCUT2D eigenvalue weighted by Gasteiger charge is 2.23. The molecule has 0 saturated carbocycles. The van der Waals surface area contributed by atoms with Crippen molar-refractivity contribution in [3.63, 3.8) is 0 Å². The molecule has 0 spiro atoms. The Bertz CT molecular complexity index is 1040. The van der Waals surface area contributed by atoms with E-state index in [-0.39, 0.29) is 5.91 Å². The van der Waals surface area contributed by atoms with Gasteiger partial charge in [0, 0.05) is 31.9 Å². The topological polar surface area (TPSA) is 54.3 Å². The van der Waals surface area contributed by atoms with Crippen LogP contribution in [0.1, 0.15) is 22.5 Å². The van der Waals surface area contributed by atoms with Gasteiger partial charge < -0.3 is 14.4 Å². The van der Waals surface area contributed by atoms with Crippen molar-refractivity contribution in [3.05, 3.63) is 71.0 Å². The lowest BCUT2D eigenvalue weighted by atomic mass is 10.1. The zero-order valence-electron chi connectivity index (χ0n) is 18.4. The fourth-order valence-electron chi connectivity index (χ4n) is 3.91. The number of carbonyl (C=O) groups is 1. The quantitative estimate of drug-likeness (QED) is 0.553. The molecule has 1 fully saturated rings. The molecule has 7 heteroatoms. The first-order valence-electron chi connectivity index (χ1n) is 10.7. The Morgan fingerprint density at radius 2 is 1.68 bits per heavy atom. The molecule has 1 amide bonds. The Labute approximate surface area is 188 Å². The van der Waals surface area contributed by atoms with Crippen LogP contribution in [0.3, 0.4) is 0 Å². The minimum absolute atomic E-state index is 0.164. The van der Waals surface area contributed by atoms with Gasteiger partial charge in [-0.1, -0.05) is 54.2 Å². The molecule has 0 radical (unpaired) electrons. The van der Waals surface area contributed by atoms with Crippen LogP contribution < -0.4 is 4.90 Å². The maximum Gasteiger partial charge on any atom is 0.233 e. The zero-order chi connectivity index (χ0) is 21.8. The molecule has 0 bridgehead atoms. The molecule has 3 aromatic rings. The van der Waals surface area contributed by atoms with Crippen LogP contribution in [-0.4, -0.2) is 57.5 Å². The molecule has 2 aromatic carbocycles. The number of amides is 1. The molecular weight excluding hydrogens is 406 g/mol. The summed E-state index contributed by atoms with van der Waals surface area (Å²) in [5.74, 6) is 1.41. The largest absolute Gasteiger partial charge is 0.368 e. The molecule has 162 valence electrons. The fraction of sp³-hybridized carbons (Fsp3) is 0.375. The first-order valence-corrected chi connectivity index (χ1v) is 11.7. The maximum atomic E-state index is 12.8. The molecule has 1 aliphatic rings. The Balaban J connectivity index is 1.33. The molecule has 2 heterocycles. The molecule has 1 aromatic heterocycles. The molecule has 0 aliphatic carbocycles. The fourth-order valence-corrected chi connectivity index (χ4v) is 4.80. The van der Waals surface area contributed by atoms with E-state index in [1.807, 2.05) is 30.0 Å². The molecule has 4 rings (SSSR count). The van der Waals surface area contributed by atoms with Gasteiger partial charge in [0.1, 0.15) is 5.82 Å². The number of anilines is 1. The Morgan fingerprint density at radius 3 is 2.42 bits per heavy atom. The standard InChI is InChI=1S/C24H29N5OS/c1-18-8-7-11-22(19(18)2)27-12-14-28(15-13-27)23(30)17-31-24-26-25-20(3)29(24)16-21-9-5-4-6-10-21/h4-11H,12-17H2,1-3H3. The molecular formula is C24H29N5OS. The monoisotopic (exact) mass is 435 g/mol. The SMILES string of the molecule is Cc1cccc(N2CCN(C(=O)CSc3nnc(C)n3Cc3ccccc3)CC2)c1C. The summed E-state index contributed by atoms with van der Waals surface area (Å²) in [6, 6.07) is 16.7. The van der Waals surface area contributed by atoms with Crippen LogP contribution in [0.2, 0.25) is 0 Å². The number of piperazine rings is 1. The highest BCUT2D eigenvalue weighted by atomic mass is 32.2. The van der Waals surface area contributed by atoms with Gasteiger partial charge in [-0.25, -0.2) is 0 Å². The van der Waals surface area contributed by atoms with E-state index in [4.69, 9.17) is 0 Å². The average molecular weight is 436 g/mol. The summed E-state index contributed by atoms with van der Waals surface area (Å²) in [7, 11) is 0. The smallest absolute Gasteiger partial charge is 0.233 e. The van der Waals surface area contributed by atoms with E-state index in [1.165, 1.54) is 34.1 Å². The first-order chi connectivity index (χ1) is 15.0. The Kier molecular flexibility index (Phi) is 6.61. The third-order valence-electron chi connectivity index (χ3n) is 5.96. The molecule has 31 heavy (non-hydrogen) atoms. The summed E-state index contributed by atoms with van der Waals surface area (Å²) in [6.07, 6.45) is 0. The Morgan fingerprint density at radius 1 is 0.935 bits per heavy atom. The lowest BCUT2D eigenvalue weighted by Gasteiger charge is -2.37. The van der Waals surface area contributed by atoms with E-state index in [0.717, 1.165) is 37.2 Å². The van der Waals surface area contributed by atoms with E-state index < -0.39 is 0 Å². The second-order valence-electron chi connectivity index (χ2n) is 7.98. The van der Waals surface area contributed by atoms with E-state index in [0.29, 0.717) is 12.3 Å². The van der Waals surface area contributed by atoms with Crippen molar-refractivity contribution in [2.75, 3.05) is 36.8 Å². The predicted molar refractivity (Wildman–Crippen MR) is 126 cm³/mol. The normalized spacial score (nSPS) is 14.2. The maximum absolute atomic E-state index is 12.8. The molecule has 0 unspecified atom stereocenters. The van der Waals surface area contributed by atoms with Gasteiger partial charge in [-0.2, -0.15) is 0 Å². The van der Waals surface area contributed by atoms with Crippen molar-refractivity contribution in [3.8, 4) is 0 Å². The summed E-state index contributed by atoms with van der Waals surface area (Å²) < 4.78 is 2.08. The number of carbonyl (C=O) groups excluding carboxylic acids is 1. The molecule has 1 saturated heterocycles. The lowest BCUT2D eigenvalue weighted by molar-refractivity contribution is -0.128. The van der Waals surface area contributed by atoms with Crippen LogP contribution in [0.5, 0.6) is 0 Å². The van der Waals surface area contributed by atoms with Crippen molar-refractivity contribution < 1.29 is 4.79 Å². The summed E-state index contributed by atoms with van der Waals surface area (Å²) in [6.45, 7) is 10.2. The molecule has 0 N–H and O–H groups in total. The minimum Gasteiger partial charge on any atom is -0.368 e. The van der Waals surface area contributed by atoms with Crippen LogP contribution in [-0.2, 0) is 11.3 Å². The second kappa shape index (κ2) is 9.56. The number of nitrogens with zero attached hydrogens (tertiary/aromatic N) is 5. The highest BCUT2D eigenvalue weighted by molar-refractivity contribution is 7.99. The average Bonchev–Trinajstić information content (AvgIpc) is 3.14. The third kappa shape index (κ3) is 4.93. The first kappa shape index (κ1) is 21.4. The van der Waals surface area contributed by atoms with Crippen LogP contribution >= 0.6 is 11.8 Å². The Hall–Kier alpha value is -2.80. The van der Waals surface area contributed by atoms with Gasteiger partial charge in [-0.05, 0) is 43.5 Å². The van der Waals surface area contributed by atoms with E-state index >= 15 is 0 Å². The second-order valence-corrected chi connectivity index (χ2v) is 8.92. The van der Waals surface area contributed by atoms with Crippen molar-refractivity contribution >= 4 is 23.4 Å². The molecule has 0 atom stereocenters. The molecule has 6 nitrogen and oxygen atoms in total. The van der Waals surface area contributed by atoms with Gasteiger partial charge in [0.2, 0.25) is 5.91 Å². The van der Waals surface area contributed by atoms with Crippen LogP contribution in [0.4, 0.5) is 5.69 Å². The van der Waals surface area contributed by atoms with Gasteiger partial charge >= 0.3 is 0 Å². The number of aryl methyl sites for hydroxylation is 2. The number of hydrogen-bond acceptors (Lipinski definition) is 5. The van der Waals surface area contributed by atoms with Crippen LogP contribution in [0.15, 0.2) is 53.7 Å². The number of benzene rings is 2. The van der Waals surface area contributed by atoms with E-state index in [2.05, 4.69) is 63.8 Å².